The molecule has 0 radical (unpaired) electrons. The second-order valence-corrected chi connectivity index (χ2v) is 5.99. The number of hydrogen-bond donors (Lipinski definition) is 2. The number of hydrogen-bond acceptors (Lipinski definition) is 6. The van der Waals surface area contributed by atoms with Crippen LogP contribution in [0.3, 0.4) is 0 Å². The fourth-order valence-corrected chi connectivity index (χ4v) is 2.52. The molecule has 0 aromatic carbocycles. The van der Waals surface area contributed by atoms with Gasteiger partial charge in [-0.15, -0.1) is 0 Å². The summed E-state index contributed by atoms with van der Waals surface area (Å²) in [4.78, 5) is 17.9. The zero-order chi connectivity index (χ0) is 17.1. The summed E-state index contributed by atoms with van der Waals surface area (Å²) in [5.74, 6) is 0.490. The van der Waals surface area contributed by atoms with Crippen LogP contribution in [0.15, 0.2) is 30.9 Å². The van der Waals surface area contributed by atoms with E-state index in [0.717, 1.165) is 28.8 Å². The van der Waals surface area contributed by atoms with Crippen molar-refractivity contribution in [1.82, 2.24) is 24.5 Å². The maximum atomic E-state index is 9.44. The summed E-state index contributed by atoms with van der Waals surface area (Å²) in [6, 6.07) is 3.98. The fraction of sp³-hybridized carbons (Fsp3) is 0.412. The average Bonchev–Trinajstić information content (AvgIpc) is 3.03. The first-order valence-electron chi connectivity index (χ1n) is 8.16. The van der Waals surface area contributed by atoms with Gasteiger partial charge in [0.2, 0.25) is 5.95 Å². The molecule has 3 rings (SSSR count). The van der Waals surface area contributed by atoms with Crippen molar-refractivity contribution in [3.8, 4) is 11.3 Å². The van der Waals surface area contributed by atoms with Crippen LogP contribution in [0.2, 0.25) is 0 Å². The van der Waals surface area contributed by atoms with Crippen LogP contribution in [0.4, 0.5) is 5.95 Å². The maximum absolute atomic E-state index is 9.44. The highest BCUT2D eigenvalue weighted by atomic mass is 16.3. The third-order valence-electron chi connectivity index (χ3n) is 3.96. The highest BCUT2D eigenvalue weighted by Gasteiger charge is 2.17. The zero-order valence-electron chi connectivity index (χ0n) is 14.1. The SMILES string of the molecule is CC[C@H](CO)Nc1nc(-c2cccnc2)c2ncn(C(C)C)c2n1. The Labute approximate surface area is 140 Å². The normalized spacial score (nSPS) is 12.7. The zero-order valence-corrected chi connectivity index (χ0v) is 14.1. The van der Waals surface area contributed by atoms with E-state index in [1.54, 1.807) is 18.7 Å². The van der Waals surface area contributed by atoms with Crippen molar-refractivity contribution in [3.63, 3.8) is 0 Å². The van der Waals surface area contributed by atoms with Crippen LogP contribution < -0.4 is 5.32 Å². The molecule has 3 aromatic heterocycles. The summed E-state index contributed by atoms with van der Waals surface area (Å²) >= 11 is 0. The molecule has 0 aliphatic heterocycles. The molecule has 2 N–H and O–H groups in total. The molecule has 0 unspecified atom stereocenters. The largest absolute Gasteiger partial charge is 0.394 e. The molecule has 0 fully saturated rings. The van der Waals surface area contributed by atoms with E-state index >= 15 is 0 Å². The maximum Gasteiger partial charge on any atom is 0.225 e. The van der Waals surface area contributed by atoms with Gasteiger partial charge in [-0.25, -0.2) is 9.97 Å². The first-order valence-corrected chi connectivity index (χ1v) is 8.16. The van der Waals surface area contributed by atoms with Crippen molar-refractivity contribution in [1.29, 1.82) is 0 Å². The summed E-state index contributed by atoms with van der Waals surface area (Å²) in [5, 5.41) is 12.6. The molecule has 0 amide bonds. The summed E-state index contributed by atoms with van der Waals surface area (Å²) in [6.45, 7) is 6.21. The molecule has 3 aromatic rings. The van der Waals surface area contributed by atoms with E-state index in [-0.39, 0.29) is 18.7 Å². The second kappa shape index (κ2) is 6.92. The van der Waals surface area contributed by atoms with Gasteiger partial charge in [0.1, 0.15) is 11.2 Å². The Morgan fingerprint density at radius 1 is 1.29 bits per heavy atom. The number of nitrogens with one attached hydrogen (secondary N) is 1. The van der Waals surface area contributed by atoms with Gasteiger partial charge in [0.15, 0.2) is 5.65 Å². The minimum absolute atomic E-state index is 0.0313. The van der Waals surface area contributed by atoms with Crippen LogP contribution in [-0.2, 0) is 0 Å². The van der Waals surface area contributed by atoms with Crippen LogP contribution in [0.25, 0.3) is 22.4 Å². The van der Waals surface area contributed by atoms with Gasteiger partial charge in [-0.3, -0.25) is 4.98 Å². The molecular weight excluding hydrogens is 304 g/mol. The van der Waals surface area contributed by atoms with Crippen LogP contribution in [0.5, 0.6) is 0 Å². The van der Waals surface area contributed by atoms with Crippen LogP contribution in [-0.4, -0.2) is 42.3 Å². The summed E-state index contributed by atoms with van der Waals surface area (Å²) in [5.41, 5.74) is 3.15. The van der Waals surface area contributed by atoms with E-state index < -0.39 is 0 Å². The van der Waals surface area contributed by atoms with Crippen molar-refractivity contribution in [2.45, 2.75) is 39.3 Å². The summed E-state index contributed by atoms with van der Waals surface area (Å²) in [7, 11) is 0. The van der Waals surface area contributed by atoms with Gasteiger partial charge >= 0.3 is 0 Å². The van der Waals surface area contributed by atoms with Gasteiger partial charge in [0, 0.05) is 24.0 Å². The number of aromatic nitrogens is 5. The van der Waals surface area contributed by atoms with Crippen LogP contribution in [0.1, 0.15) is 33.2 Å². The number of aliphatic hydroxyl groups is 1. The lowest BCUT2D eigenvalue weighted by molar-refractivity contribution is 0.271. The van der Waals surface area contributed by atoms with E-state index in [2.05, 4.69) is 39.1 Å². The minimum atomic E-state index is -0.0837. The lowest BCUT2D eigenvalue weighted by Gasteiger charge is -2.15. The van der Waals surface area contributed by atoms with Crippen LogP contribution >= 0.6 is 0 Å². The first kappa shape index (κ1) is 16.3. The number of fused-ring (bicyclic) bond motifs is 1. The second-order valence-electron chi connectivity index (χ2n) is 5.99. The molecule has 0 spiro atoms. The third kappa shape index (κ3) is 3.07. The summed E-state index contributed by atoms with van der Waals surface area (Å²) in [6.07, 6.45) is 6.07. The van der Waals surface area contributed by atoms with E-state index in [1.807, 2.05) is 23.6 Å². The van der Waals surface area contributed by atoms with Crippen molar-refractivity contribution in [2.24, 2.45) is 0 Å². The predicted octanol–water partition coefficient (Wildman–Crippen LogP) is 2.65. The third-order valence-corrected chi connectivity index (χ3v) is 3.96. The van der Waals surface area contributed by atoms with Crippen molar-refractivity contribution in [3.05, 3.63) is 30.9 Å². The number of imidazole rings is 1. The minimum Gasteiger partial charge on any atom is -0.394 e. The van der Waals surface area contributed by atoms with E-state index in [1.165, 1.54) is 0 Å². The van der Waals surface area contributed by atoms with Crippen molar-refractivity contribution >= 4 is 17.1 Å². The molecule has 126 valence electrons. The Bertz CT molecular complexity index is 811. The van der Waals surface area contributed by atoms with Gasteiger partial charge in [-0.2, -0.15) is 4.98 Å². The molecule has 0 bridgehead atoms. The average molecular weight is 326 g/mol. The number of anilines is 1. The molecule has 0 aliphatic carbocycles. The fourth-order valence-electron chi connectivity index (χ4n) is 2.52. The Kier molecular flexibility index (Phi) is 4.71. The van der Waals surface area contributed by atoms with Gasteiger partial charge in [0.05, 0.1) is 19.0 Å². The van der Waals surface area contributed by atoms with E-state index in [0.29, 0.717) is 5.95 Å². The van der Waals surface area contributed by atoms with Gasteiger partial charge in [-0.1, -0.05) is 6.92 Å². The predicted molar refractivity (Wildman–Crippen MR) is 93.7 cm³/mol. The molecule has 0 saturated carbocycles. The lowest BCUT2D eigenvalue weighted by atomic mass is 10.2. The quantitative estimate of drug-likeness (QED) is 0.724. The molecule has 3 heterocycles. The highest BCUT2D eigenvalue weighted by Crippen LogP contribution is 2.27. The summed E-state index contributed by atoms with van der Waals surface area (Å²) < 4.78 is 2.02. The molecule has 7 heteroatoms. The van der Waals surface area contributed by atoms with Crippen LogP contribution in [0, 0.1) is 0 Å². The van der Waals surface area contributed by atoms with Gasteiger partial charge < -0.3 is 15.0 Å². The monoisotopic (exact) mass is 326 g/mol. The molecular formula is C17H22N6O. The van der Waals surface area contributed by atoms with Gasteiger partial charge in [-0.05, 0) is 32.4 Å². The topological polar surface area (TPSA) is 88.8 Å². The highest BCUT2D eigenvalue weighted by molar-refractivity contribution is 5.88. The van der Waals surface area contributed by atoms with E-state index in [4.69, 9.17) is 0 Å². The lowest BCUT2D eigenvalue weighted by Crippen LogP contribution is -2.24. The molecule has 0 aliphatic rings. The Morgan fingerprint density at radius 3 is 2.75 bits per heavy atom. The van der Waals surface area contributed by atoms with Crippen molar-refractivity contribution < 1.29 is 5.11 Å². The van der Waals surface area contributed by atoms with E-state index in [9.17, 15) is 5.11 Å². The molecule has 0 saturated heterocycles. The molecule has 7 nitrogen and oxygen atoms in total. The Hall–Kier alpha value is -2.54. The van der Waals surface area contributed by atoms with Crippen molar-refractivity contribution in [2.75, 3.05) is 11.9 Å². The first-order chi connectivity index (χ1) is 11.6. The number of pyridine rings is 1. The smallest absolute Gasteiger partial charge is 0.225 e. The van der Waals surface area contributed by atoms with Gasteiger partial charge in [0.25, 0.3) is 0 Å². The number of rotatable bonds is 6. The Balaban J connectivity index is 2.18. The number of aliphatic hydroxyl groups excluding tert-OH is 1. The molecule has 24 heavy (non-hydrogen) atoms. The standard InChI is InChI=1S/C17H22N6O/c1-4-13(9-24)20-17-21-14(12-6-5-7-18-8-12)15-16(22-17)23(10-19-15)11(2)3/h5-8,10-11,13,24H,4,9H2,1-3H3,(H,20,21,22)/t13-/m1/s1. The Morgan fingerprint density at radius 2 is 2.12 bits per heavy atom. The number of nitrogens with zero attached hydrogens (tertiary/aromatic N) is 5. The molecule has 1 atom stereocenters.